The summed E-state index contributed by atoms with van der Waals surface area (Å²) in [7, 11) is 3.01. The Kier molecular flexibility index (Phi) is 5.81. The number of nitrogens with zero attached hydrogens (tertiary/aromatic N) is 2. The Morgan fingerprint density at radius 2 is 1.65 bits per heavy atom. The van der Waals surface area contributed by atoms with Crippen LogP contribution in [0.15, 0.2) is 72.2 Å². The lowest BCUT2D eigenvalue weighted by Gasteiger charge is -2.20. The van der Waals surface area contributed by atoms with E-state index in [1.54, 1.807) is 53.8 Å². The molecular weight excluding hydrogens is 450 g/mol. The van der Waals surface area contributed by atoms with E-state index < -0.39 is 0 Å². The first-order chi connectivity index (χ1) is 16.6. The van der Waals surface area contributed by atoms with Crippen LogP contribution in [0.25, 0.3) is 0 Å². The monoisotopic (exact) mass is 473 g/mol. The van der Waals surface area contributed by atoms with Gasteiger partial charge in [-0.3, -0.25) is 14.5 Å². The average molecular weight is 474 g/mol. The lowest BCUT2D eigenvalue weighted by Crippen LogP contribution is -2.29. The van der Waals surface area contributed by atoms with Gasteiger partial charge in [-0.05, 0) is 60.0 Å². The fourth-order valence-electron chi connectivity index (χ4n) is 4.13. The van der Waals surface area contributed by atoms with Crippen LogP contribution < -0.4 is 19.7 Å². The number of thiophene rings is 1. The molecular formula is C26H23N3O4S. The average Bonchev–Trinajstić information content (AvgIpc) is 3.49. The summed E-state index contributed by atoms with van der Waals surface area (Å²) in [6, 6.07) is 18.2. The van der Waals surface area contributed by atoms with Crippen molar-refractivity contribution in [3.05, 3.63) is 94.6 Å². The molecule has 0 bridgehead atoms. The maximum absolute atomic E-state index is 13.5. The quantitative estimate of drug-likeness (QED) is 0.441. The number of carbonyl (C=O) groups is 2. The highest BCUT2D eigenvalue weighted by atomic mass is 32.1. The molecule has 0 fully saturated rings. The predicted octanol–water partition coefficient (Wildman–Crippen LogP) is 5.03. The summed E-state index contributed by atoms with van der Waals surface area (Å²) in [5.41, 5.74) is 3.64. The normalized spacial score (nSPS) is 12.4. The number of carbonyl (C=O) groups excluding carboxylic acids is 2. The molecule has 172 valence electrons. The van der Waals surface area contributed by atoms with Crippen molar-refractivity contribution in [2.45, 2.75) is 13.1 Å². The first-order valence-electron chi connectivity index (χ1n) is 10.7. The molecule has 8 heteroatoms. The van der Waals surface area contributed by atoms with Crippen LogP contribution in [-0.2, 0) is 13.1 Å². The van der Waals surface area contributed by atoms with E-state index in [1.807, 2.05) is 28.6 Å². The van der Waals surface area contributed by atoms with Crippen LogP contribution in [0.3, 0.4) is 0 Å². The van der Waals surface area contributed by atoms with Gasteiger partial charge in [0.2, 0.25) is 0 Å². The zero-order valence-corrected chi connectivity index (χ0v) is 19.6. The smallest absolute Gasteiger partial charge is 0.263 e. The molecule has 4 aromatic rings. The van der Waals surface area contributed by atoms with Gasteiger partial charge in [0.15, 0.2) is 0 Å². The van der Waals surface area contributed by atoms with Crippen molar-refractivity contribution in [1.82, 2.24) is 4.57 Å². The number of ether oxygens (including phenoxy) is 2. The second-order valence-electron chi connectivity index (χ2n) is 7.84. The largest absolute Gasteiger partial charge is 0.496 e. The Morgan fingerprint density at radius 3 is 2.35 bits per heavy atom. The van der Waals surface area contributed by atoms with E-state index in [1.165, 1.54) is 14.2 Å². The summed E-state index contributed by atoms with van der Waals surface area (Å²) in [5, 5.41) is 5.84. The van der Waals surface area contributed by atoms with E-state index in [9.17, 15) is 9.59 Å². The molecule has 2 aromatic heterocycles. The molecule has 1 aliphatic heterocycles. The predicted molar refractivity (Wildman–Crippen MR) is 132 cm³/mol. The van der Waals surface area contributed by atoms with Gasteiger partial charge in [0.05, 0.1) is 27.3 Å². The van der Waals surface area contributed by atoms with E-state index in [4.69, 9.17) is 9.47 Å². The van der Waals surface area contributed by atoms with Crippen LogP contribution >= 0.6 is 11.3 Å². The van der Waals surface area contributed by atoms with Crippen molar-refractivity contribution in [2.24, 2.45) is 0 Å². The summed E-state index contributed by atoms with van der Waals surface area (Å²) in [6.45, 7) is 1.26. The van der Waals surface area contributed by atoms with E-state index >= 15 is 0 Å². The number of methoxy groups -OCH3 is 2. The van der Waals surface area contributed by atoms with Gasteiger partial charge in [0.1, 0.15) is 22.1 Å². The standard InChI is InChI=1S/C26H23N3O4S/c1-32-21-6-3-7-22(33-2)23(21)24(30)27-19-10-8-17(9-11-19)25(31)29-16-20-5-4-13-28(20)15-18-12-14-34-26(18)29/h3-14H,15-16H2,1-2H3,(H,27,30). The number of rotatable bonds is 5. The van der Waals surface area contributed by atoms with Crippen LogP contribution in [-0.4, -0.2) is 30.6 Å². The summed E-state index contributed by atoms with van der Waals surface area (Å²) in [4.78, 5) is 28.2. The third kappa shape index (κ3) is 3.92. The third-order valence-corrected chi connectivity index (χ3v) is 6.82. The molecule has 7 nitrogen and oxygen atoms in total. The maximum Gasteiger partial charge on any atom is 0.263 e. The molecule has 0 saturated carbocycles. The van der Waals surface area contributed by atoms with Crippen molar-refractivity contribution < 1.29 is 19.1 Å². The topological polar surface area (TPSA) is 72.8 Å². The lowest BCUT2D eigenvalue weighted by atomic mass is 10.1. The van der Waals surface area contributed by atoms with E-state index in [2.05, 4.69) is 16.0 Å². The number of hydrogen-bond acceptors (Lipinski definition) is 5. The number of fused-ring (bicyclic) bond motifs is 2. The summed E-state index contributed by atoms with van der Waals surface area (Å²) >= 11 is 1.57. The van der Waals surface area contributed by atoms with Crippen molar-refractivity contribution in [3.63, 3.8) is 0 Å². The Hall–Kier alpha value is -4.04. The highest BCUT2D eigenvalue weighted by molar-refractivity contribution is 7.14. The van der Waals surface area contributed by atoms with Gasteiger partial charge in [-0.1, -0.05) is 6.07 Å². The zero-order valence-electron chi connectivity index (χ0n) is 18.8. The van der Waals surface area contributed by atoms with Crippen LogP contribution in [0.2, 0.25) is 0 Å². The highest BCUT2D eigenvalue weighted by Crippen LogP contribution is 2.34. The van der Waals surface area contributed by atoms with Crippen LogP contribution in [0.1, 0.15) is 32.0 Å². The van der Waals surface area contributed by atoms with Crippen LogP contribution in [0.5, 0.6) is 11.5 Å². The molecule has 0 radical (unpaired) electrons. The summed E-state index contributed by atoms with van der Waals surface area (Å²) in [6.07, 6.45) is 2.04. The first-order valence-corrected chi connectivity index (χ1v) is 11.6. The molecule has 0 aliphatic carbocycles. The molecule has 0 saturated heterocycles. The van der Waals surface area contributed by atoms with Crippen LogP contribution in [0.4, 0.5) is 10.7 Å². The van der Waals surface area contributed by atoms with Crippen molar-refractivity contribution in [3.8, 4) is 11.5 Å². The molecule has 5 rings (SSSR count). The molecule has 1 N–H and O–H groups in total. The Morgan fingerprint density at radius 1 is 0.912 bits per heavy atom. The number of amides is 2. The highest BCUT2D eigenvalue weighted by Gasteiger charge is 2.26. The molecule has 2 aromatic carbocycles. The number of benzene rings is 2. The van der Waals surface area contributed by atoms with Gasteiger partial charge in [-0.15, -0.1) is 11.3 Å². The van der Waals surface area contributed by atoms with Gasteiger partial charge in [0, 0.05) is 28.7 Å². The first kappa shape index (κ1) is 21.8. The second-order valence-corrected chi connectivity index (χ2v) is 8.73. The summed E-state index contributed by atoms with van der Waals surface area (Å²) in [5.74, 6) is 0.398. The summed E-state index contributed by atoms with van der Waals surface area (Å²) < 4.78 is 12.8. The number of nitrogens with one attached hydrogen (secondary N) is 1. The minimum Gasteiger partial charge on any atom is -0.496 e. The van der Waals surface area contributed by atoms with Crippen molar-refractivity contribution in [1.29, 1.82) is 0 Å². The minimum atomic E-state index is -0.357. The van der Waals surface area contributed by atoms with Crippen molar-refractivity contribution in [2.75, 3.05) is 24.4 Å². The Bertz CT molecular complexity index is 1330. The molecule has 34 heavy (non-hydrogen) atoms. The van der Waals surface area contributed by atoms with Gasteiger partial charge in [-0.2, -0.15) is 0 Å². The maximum atomic E-state index is 13.5. The number of aromatic nitrogens is 1. The van der Waals surface area contributed by atoms with Gasteiger partial charge < -0.3 is 19.4 Å². The Balaban J connectivity index is 1.37. The van der Waals surface area contributed by atoms with Gasteiger partial charge in [-0.25, -0.2) is 0 Å². The molecule has 0 atom stereocenters. The van der Waals surface area contributed by atoms with Crippen molar-refractivity contribution >= 4 is 33.8 Å². The number of anilines is 2. The minimum absolute atomic E-state index is 0.0809. The van der Waals surface area contributed by atoms with Gasteiger partial charge >= 0.3 is 0 Å². The van der Waals surface area contributed by atoms with Gasteiger partial charge in [0.25, 0.3) is 11.8 Å². The molecule has 1 aliphatic rings. The zero-order chi connectivity index (χ0) is 23.7. The number of hydrogen-bond donors (Lipinski definition) is 1. The lowest BCUT2D eigenvalue weighted by molar-refractivity contribution is 0.0984. The second kappa shape index (κ2) is 9.07. The molecule has 0 spiro atoms. The van der Waals surface area contributed by atoms with E-state index in [0.717, 1.165) is 22.8 Å². The fraction of sp³-hybridized carbons (Fsp3) is 0.154. The fourth-order valence-corrected chi connectivity index (χ4v) is 5.05. The molecule has 2 amide bonds. The van der Waals surface area contributed by atoms with E-state index in [-0.39, 0.29) is 11.8 Å². The Labute approximate surface area is 201 Å². The SMILES string of the molecule is COc1cccc(OC)c1C(=O)Nc1ccc(C(=O)N2Cc3cccn3Cc3ccsc32)cc1. The van der Waals surface area contributed by atoms with E-state index in [0.29, 0.717) is 34.9 Å². The molecule has 3 heterocycles. The molecule has 0 unspecified atom stereocenters. The third-order valence-electron chi connectivity index (χ3n) is 5.84. The van der Waals surface area contributed by atoms with Crippen LogP contribution in [0, 0.1) is 0 Å².